The second kappa shape index (κ2) is 17.9. The zero-order chi connectivity index (χ0) is 35.4. The smallest absolute Gasteiger partial charge is 0.323 e. The molecule has 1 aliphatic carbocycles. The molecule has 1 saturated carbocycles. The Bertz CT molecular complexity index is 1410. The summed E-state index contributed by atoms with van der Waals surface area (Å²) in [5, 5.41) is 18.1. The molecule has 1 aliphatic heterocycles. The predicted octanol–water partition coefficient (Wildman–Crippen LogP) is 0.587. The number of rotatable bonds is 18. The van der Waals surface area contributed by atoms with Crippen LogP contribution in [0.3, 0.4) is 0 Å². The average molecular weight is 678 g/mol. The molecule has 0 aromatic heterocycles. The number of nitrogens with one attached hydrogen (secondary N) is 3. The van der Waals surface area contributed by atoms with E-state index in [0.717, 1.165) is 24.0 Å². The van der Waals surface area contributed by atoms with Crippen LogP contribution in [0.2, 0.25) is 0 Å². The minimum absolute atomic E-state index is 0.0986. The Morgan fingerprint density at radius 2 is 1.31 bits per heavy atom. The van der Waals surface area contributed by atoms with Gasteiger partial charge in [-0.15, -0.1) is 0 Å². The van der Waals surface area contributed by atoms with Crippen molar-refractivity contribution in [1.29, 1.82) is 0 Å². The molecule has 2 aliphatic rings. The zero-order valence-electron chi connectivity index (χ0n) is 28.0. The van der Waals surface area contributed by atoms with Gasteiger partial charge in [0.05, 0.1) is 6.04 Å². The lowest BCUT2D eigenvalue weighted by Gasteiger charge is -2.38. The molecule has 2 aromatic carbocycles. The number of hydrogen-bond acceptors (Lipinski definition) is 8. The second-order valence-corrected chi connectivity index (χ2v) is 13.4. The first-order valence-electron chi connectivity index (χ1n) is 17.2. The van der Waals surface area contributed by atoms with Crippen LogP contribution in [0.5, 0.6) is 0 Å². The van der Waals surface area contributed by atoms with E-state index in [9.17, 15) is 29.1 Å². The molecule has 2 aromatic rings. The monoisotopic (exact) mass is 677 g/mol. The molecule has 266 valence electrons. The Morgan fingerprint density at radius 3 is 1.86 bits per heavy atom. The van der Waals surface area contributed by atoms with Gasteiger partial charge in [-0.3, -0.25) is 24.0 Å². The summed E-state index contributed by atoms with van der Waals surface area (Å²) in [5.74, 6) is -2.69. The third-order valence-electron chi connectivity index (χ3n) is 9.40. The largest absolute Gasteiger partial charge is 0.480 e. The van der Waals surface area contributed by atoms with E-state index >= 15 is 0 Å². The molecule has 10 N–H and O–H groups in total. The number of carbonyl (C=O) groups is 5. The number of carbonyl (C=O) groups excluding carboxylic acids is 4. The van der Waals surface area contributed by atoms with Crippen LogP contribution in [0.1, 0.15) is 62.5 Å². The fourth-order valence-electron chi connectivity index (χ4n) is 6.07. The van der Waals surface area contributed by atoms with Gasteiger partial charge < -0.3 is 43.2 Å². The third kappa shape index (κ3) is 11.4. The Balaban J connectivity index is 1.47. The summed E-state index contributed by atoms with van der Waals surface area (Å²) in [6.45, 7) is 0.734. The van der Waals surface area contributed by atoms with Crippen molar-refractivity contribution in [3.63, 3.8) is 0 Å². The van der Waals surface area contributed by atoms with E-state index in [2.05, 4.69) is 16.0 Å². The Kier molecular flexibility index (Phi) is 13.7. The molecule has 4 atom stereocenters. The van der Waals surface area contributed by atoms with Crippen LogP contribution in [0.4, 0.5) is 0 Å². The lowest BCUT2D eigenvalue weighted by molar-refractivity contribution is -0.148. The number of nitrogens with zero attached hydrogens (tertiary/aromatic N) is 1. The van der Waals surface area contributed by atoms with Crippen LogP contribution in [-0.4, -0.2) is 88.9 Å². The molecule has 13 heteroatoms. The SMILES string of the molecule is NCCCC[C@@H](NC(=O)C(CC1CC1)NC(=O)[C@@H](Cc1ccccc1)NC(=O)[C@H](N)Cc1ccccc1)C(=O)N1CCC(N)(C(=O)O)CC1. The van der Waals surface area contributed by atoms with E-state index in [1.54, 1.807) is 4.90 Å². The molecular weight excluding hydrogens is 626 g/mol. The number of piperidine rings is 1. The van der Waals surface area contributed by atoms with Crippen molar-refractivity contribution < 1.29 is 29.1 Å². The lowest BCUT2D eigenvalue weighted by Crippen LogP contribution is -2.60. The van der Waals surface area contributed by atoms with Gasteiger partial charge in [-0.05, 0) is 68.5 Å². The Labute approximate surface area is 287 Å². The molecule has 0 spiro atoms. The number of unbranched alkanes of at least 4 members (excludes halogenated alkanes) is 1. The van der Waals surface area contributed by atoms with Crippen molar-refractivity contribution in [2.45, 2.75) is 93.9 Å². The number of carboxylic acids is 1. The first-order chi connectivity index (χ1) is 23.5. The quantitative estimate of drug-likeness (QED) is 0.110. The van der Waals surface area contributed by atoms with E-state index in [-0.39, 0.29) is 50.6 Å². The van der Waals surface area contributed by atoms with Gasteiger partial charge in [0.15, 0.2) is 0 Å². The number of aliphatic carboxylic acids is 1. The number of nitrogens with two attached hydrogens (primary N) is 3. The number of amides is 4. The van der Waals surface area contributed by atoms with Crippen molar-refractivity contribution in [3.8, 4) is 0 Å². The molecule has 0 bridgehead atoms. The molecule has 49 heavy (non-hydrogen) atoms. The molecule has 1 saturated heterocycles. The van der Waals surface area contributed by atoms with Crippen molar-refractivity contribution in [2.75, 3.05) is 19.6 Å². The van der Waals surface area contributed by atoms with Gasteiger partial charge in [0.25, 0.3) is 0 Å². The minimum atomic E-state index is -1.40. The lowest BCUT2D eigenvalue weighted by atomic mass is 9.88. The highest BCUT2D eigenvalue weighted by Crippen LogP contribution is 2.33. The topological polar surface area (TPSA) is 223 Å². The van der Waals surface area contributed by atoms with Gasteiger partial charge in [-0.25, -0.2) is 0 Å². The Morgan fingerprint density at radius 1 is 0.776 bits per heavy atom. The highest BCUT2D eigenvalue weighted by Gasteiger charge is 2.41. The van der Waals surface area contributed by atoms with Gasteiger partial charge in [0.2, 0.25) is 23.6 Å². The van der Waals surface area contributed by atoms with Crippen LogP contribution in [-0.2, 0) is 36.8 Å². The molecule has 4 rings (SSSR count). The van der Waals surface area contributed by atoms with Crippen molar-refractivity contribution in [2.24, 2.45) is 23.1 Å². The summed E-state index contributed by atoms with van der Waals surface area (Å²) in [7, 11) is 0. The molecule has 0 radical (unpaired) electrons. The highest BCUT2D eigenvalue weighted by molar-refractivity contribution is 5.95. The summed E-state index contributed by atoms with van der Waals surface area (Å²) in [6.07, 6.45) is 4.49. The number of likely N-dealkylation sites (tertiary alicyclic amines) is 1. The molecule has 13 nitrogen and oxygen atoms in total. The van der Waals surface area contributed by atoms with Crippen LogP contribution >= 0.6 is 0 Å². The first-order valence-corrected chi connectivity index (χ1v) is 17.2. The molecule has 1 heterocycles. The number of carboxylic acid groups (broad SMARTS) is 1. The maximum Gasteiger partial charge on any atom is 0.323 e. The van der Waals surface area contributed by atoms with Crippen LogP contribution in [0.15, 0.2) is 60.7 Å². The van der Waals surface area contributed by atoms with E-state index < -0.39 is 53.4 Å². The minimum Gasteiger partial charge on any atom is -0.480 e. The number of hydrogen-bond donors (Lipinski definition) is 7. The summed E-state index contributed by atoms with van der Waals surface area (Å²) in [5.41, 5.74) is 18.3. The average Bonchev–Trinajstić information content (AvgIpc) is 3.92. The van der Waals surface area contributed by atoms with Crippen LogP contribution in [0, 0.1) is 5.92 Å². The van der Waals surface area contributed by atoms with Crippen molar-refractivity contribution in [1.82, 2.24) is 20.9 Å². The van der Waals surface area contributed by atoms with Gasteiger partial charge in [-0.2, -0.15) is 0 Å². The standard InChI is InChI=1S/C36H51N7O6/c37-18-8-7-13-28(34(47)43-19-16-36(39,17-20-43)35(48)49)40-32(45)30(23-26-14-15-26)42-33(46)29(22-25-11-5-2-6-12-25)41-31(44)27(38)21-24-9-3-1-4-10-24/h1-6,9-12,26-30H,7-8,13-23,37-39H2,(H,40,45)(H,41,44)(H,42,46)(H,48,49)/t27-,28-,29-,30?/m1/s1. The summed E-state index contributed by atoms with van der Waals surface area (Å²) >= 11 is 0. The first kappa shape index (κ1) is 37.5. The summed E-state index contributed by atoms with van der Waals surface area (Å²) in [4.78, 5) is 67.8. The molecule has 2 fully saturated rings. The van der Waals surface area contributed by atoms with Crippen molar-refractivity contribution >= 4 is 29.6 Å². The van der Waals surface area contributed by atoms with E-state index in [1.165, 1.54) is 0 Å². The molecule has 1 unspecified atom stereocenters. The normalized spacial score (nSPS) is 18.0. The van der Waals surface area contributed by atoms with Gasteiger partial charge in [0.1, 0.15) is 23.7 Å². The fourth-order valence-corrected chi connectivity index (χ4v) is 6.07. The Hall–Kier alpha value is -4.33. The number of benzene rings is 2. The van der Waals surface area contributed by atoms with E-state index in [1.807, 2.05) is 60.7 Å². The maximum absolute atomic E-state index is 13.9. The van der Waals surface area contributed by atoms with Crippen LogP contribution in [0.25, 0.3) is 0 Å². The third-order valence-corrected chi connectivity index (χ3v) is 9.40. The molecule has 4 amide bonds. The highest BCUT2D eigenvalue weighted by atomic mass is 16.4. The van der Waals surface area contributed by atoms with Gasteiger partial charge in [-0.1, -0.05) is 73.5 Å². The van der Waals surface area contributed by atoms with Gasteiger partial charge in [0, 0.05) is 19.5 Å². The van der Waals surface area contributed by atoms with Crippen molar-refractivity contribution in [3.05, 3.63) is 71.8 Å². The van der Waals surface area contributed by atoms with E-state index in [0.29, 0.717) is 32.2 Å². The second-order valence-electron chi connectivity index (χ2n) is 13.4. The van der Waals surface area contributed by atoms with Gasteiger partial charge >= 0.3 is 5.97 Å². The maximum atomic E-state index is 13.9. The van der Waals surface area contributed by atoms with Crippen LogP contribution < -0.4 is 33.2 Å². The van der Waals surface area contributed by atoms with E-state index in [4.69, 9.17) is 17.2 Å². The summed E-state index contributed by atoms with van der Waals surface area (Å²) < 4.78 is 0. The predicted molar refractivity (Wildman–Crippen MR) is 185 cm³/mol. The summed E-state index contributed by atoms with van der Waals surface area (Å²) in [6, 6.07) is 14.9. The molecular formula is C36H51N7O6. The zero-order valence-corrected chi connectivity index (χ0v) is 28.0. The fraction of sp³-hybridized carbons (Fsp3) is 0.528.